The van der Waals surface area contributed by atoms with Gasteiger partial charge in [0.15, 0.2) is 5.82 Å². The van der Waals surface area contributed by atoms with Crippen LogP contribution in [0.15, 0.2) is 30.6 Å². The van der Waals surface area contributed by atoms with E-state index < -0.39 is 0 Å². The number of nitrogen functional groups attached to an aromatic ring is 1. The van der Waals surface area contributed by atoms with E-state index >= 15 is 0 Å². The number of fused-ring (bicyclic) bond motifs is 1. The van der Waals surface area contributed by atoms with E-state index in [4.69, 9.17) is 17.3 Å². The van der Waals surface area contributed by atoms with Gasteiger partial charge in [-0.05, 0) is 18.6 Å². The number of halogens is 1. The van der Waals surface area contributed by atoms with E-state index in [9.17, 15) is 0 Å². The van der Waals surface area contributed by atoms with Crippen LogP contribution in [-0.2, 0) is 0 Å². The van der Waals surface area contributed by atoms with E-state index in [2.05, 4.69) is 15.1 Å². The van der Waals surface area contributed by atoms with Gasteiger partial charge in [-0.15, -0.1) is 0 Å². The molecule has 2 N–H and O–H groups in total. The molecule has 0 fully saturated rings. The van der Waals surface area contributed by atoms with Crippen LogP contribution in [0, 0.1) is 6.92 Å². The van der Waals surface area contributed by atoms with Gasteiger partial charge in [0, 0.05) is 5.39 Å². The Labute approximate surface area is 108 Å². The van der Waals surface area contributed by atoms with E-state index in [0.717, 1.165) is 16.5 Å². The van der Waals surface area contributed by atoms with Crippen LogP contribution in [0.25, 0.3) is 16.7 Å². The first kappa shape index (κ1) is 11.0. The van der Waals surface area contributed by atoms with Crippen LogP contribution in [0.4, 0.5) is 5.95 Å². The maximum atomic E-state index is 6.09. The minimum Gasteiger partial charge on any atom is -0.368 e. The van der Waals surface area contributed by atoms with E-state index in [1.807, 2.05) is 25.1 Å². The molecule has 18 heavy (non-hydrogen) atoms. The van der Waals surface area contributed by atoms with Crippen molar-refractivity contribution in [3.8, 4) is 5.82 Å². The molecule has 1 aromatic carbocycles. The number of hydrogen-bond acceptors (Lipinski definition) is 4. The summed E-state index contributed by atoms with van der Waals surface area (Å²) in [4.78, 5) is 7.97. The average molecular weight is 260 g/mol. The van der Waals surface area contributed by atoms with Gasteiger partial charge < -0.3 is 5.73 Å². The molecule has 0 aliphatic rings. The molecule has 2 heterocycles. The second kappa shape index (κ2) is 3.96. The number of rotatable bonds is 1. The van der Waals surface area contributed by atoms with Gasteiger partial charge in [-0.2, -0.15) is 10.1 Å². The molecular formula is C12H10ClN5. The fourth-order valence-electron chi connectivity index (χ4n) is 1.82. The van der Waals surface area contributed by atoms with Crippen molar-refractivity contribution in [1.82, 2.24) is 19.7 Å². The topological polar surface area (TPSA) is 69.6 Å². The van der Waals surface area contributed by atoms with Crippen molar-refractivity contribution in [1.29, 1.82) is 0 Å². The zero-order chi connectivity index (χ0) is 12.7. The lowest BCUT2D eigenvalue weighted by Crippen LogP contribution is -2.04. The highest BCUT2D eigenvalue weighted by Crippen LogP contribution is 2.23. The Hall–Kier alpha value is -2.14. The SMILES string of the molecule is Cc1ccc2cnn(-c3nc(N)ncc3Cl)c2c1. The second-order valence-corrected chi connectivity index (χ2v) is 4.43. The number of hydrogen-bond donors (Lipinski definition) is 1. The monoisotopic (exact) mass is 259 g/mol. The molecule has 0 bridgehead atoms. The van der Waals surface area contributed by atoms with Gasteiger partial charge >= 0.3 is 0 Å². The summed E-state index contributed by atoms with van der Waals surface area (Å²) >= 11 is 6.09. The van der Waals surface area contributed by atoms with Gasteiger partial charge in [-0.3, -0.25) is 0 Å². The third-order valence-corrected chi connectivity index (χ3v) is 2.94. The standard InChI is InChI=1S/C12H10ClN5/c1-7-2-3-8-5-16-18(10(8)4-7)11-9(13)6-15-12(14)17-11/h2-6H,1H3,(H2,14,15,17). The van der Waals surface area contributed by atoms with Crippen molar-refractivity contribution in [3.05, 3.63) is 41.2 Å². The molecule has 0 spiro atoms. The van der Waals surface area contributed by atoms with Crippen LogP contribution < -0.4 is 5.73 Å². The molecule has 3 rings (SSSR count). The molecule has 90 valence electrons. The predicted octanol–water partition coefficient (Wildman–Crippen LogP) is 2.36. The third-order valence-electron chi connectivity index (χ3n) is 2.67. The van der Waals surface area contributed by atoms with Gasteiger partial charge in [-0.1, -0.05) is 23.7 Å². The predicted molar refractivity (Wildman–Crippen MR) is 70.8 cm³/mol. The number of benzene rings is 1. The molecule has 0 saturated carbocycles. The van der Waals surface area contributed by atoms with E-state index in [1.54, 1.807) is 10.9 Å². The van der Waals surface area contributed by atoms with Gasteiger partial charge in [0.25, 0.3) is 0 Å². The lowest BCUT2D eigenvalue weighted by Gasteiger charge is -2.05. The molecule has 6 heteroatoms. The molecular weight excluding hydrogens is 250 g/mol. The minimum atomic E-state index is 0.172. The average Bonchev–Trinajstić information content (AvgIpc) is 2.75. The van der Waals surface area contributed by atoms with Crippen LogP contribution in [0.5, 0.6) is 0 Å². The molecule has 0 saturated heterocycles. The summed E-state index contributed by atoms with van der Waals surface area (Å²) in [5.74, 6) is 0.662. The van der Waals surface area contributed by atoms with Gasteiger partial charge in [0.2, 0.25) is 5.95 Å². The van der Waals surface area contributed by atoms with Gasteiger partial charge in [0.05, 0.1) is 17.9 Å². The largest absolute Gasteiger partial charge is 0.368 e. The Morgan fingerprint density at radius 2 is 2.11 bits per heavy atom. The first-order valence-corrected chi connectivity index (χ1v) is 5.76. The normalized spacial score (nSPS) is 11.0. The zero-order valence-corrected chi connectivity index (χ0v) is 10.4. The summed E-state index contributed by atoms with van der Waals surface area (Å²) in [5.41, 5.74) is 7.67. The molecule has 0 amide bonds. The van der Waals surface area contributed by atoms with Gasteiger partial charge in [-0.25, -0.2) is 9.67 Å². The van der Waals surface area contributed by atoms with Gasteiger partial charge in [0.1, 0.15) is 5.02 Å². The Balaban J connectivity index is 2.31. The van der Waals surface area contributed by atoms with Crippen LogP contribution in [-0.4, -0.2) is 19.7 Å². The summed E-state index contributed by atoms with van der Waals surface area (Å²) in [7, 11) is 0. The first-order valence-electron chi connectivity index (χ1n) is 5.38. The molecule has 0 aliphatic carbocycles. The highest BCUT2D eigenvalue weighted by molar-refractivity contribution is 6.32. The quantitative estimate of drug-likeness (QED) is 0.728. The first-order chi connectivity index (χ1) is 8.65. The summed E-state index contributed by atoms with van der Waals surface area (Å²) < 4.78 is 1.67. The van der Waals surface area contributed by atoms with Crippen molar-refractivity contribution < 1.29 is 0 Å². The number of nitrogens with zero attached hydrogens (tertiary/aromatic N) is 4. The molecule has 5 nitrogen and oxygen atoms in total. The maximum absolute atomic E-state index is 6.09. The molecule has 2 aromatic heterocycles. The molecule has 3 aromatic rings. The maximum Gasteiger partial charge on any atom is 0.222 e. The summed E-state index contributed by atoms with van der Waals surface area (Å²) in [6.07, 6.45) is 3.24. The summed E-state index contributed by atoms with van der Waals surface area (Å²) in [6.45, 7) is 2.02. The lowest BCUT2D eigenvalue weighted by molar-refractivity contribution is 0.869. The Kier molecular flexibility index (Phi) is 2.41. The number of nitrogens with two attached hydrogens (primary N) is 1. The van der Waals surface area contributed by atoms with E-state index in [1.165, 1.54) is 6.20 Å². The van der Waals surface area contributed by atoms with Crippen LogP contribution in [0.1, 0.15) is 5.56 Å². The lowest BCUT2D eigenvalue weighted by atomic mass is 10.2. The van der Waals surface area contributed by atoms with Crippen molar-refractivity contribution in [2.45, 2.75) is 6.92 Å². The smallest absolute Gasteiger partial charge is 0.222 e. The van der Waals surface area contributed by atoms with Crippen molar-refractivity contribution in [3.63, 3.8) is 0 Å². The van der Waals surface area contributed by atoms with Crippen LogP contribution in [0.2, 0.25) is 5.02 Å². The van der Waals surface area contributed by atoms with E-state index in [0.29, 0.717) is 10.8 Å². The summed E-state index contributed by atoms with van der Waals surface area (Å²) in [6, 6.07) is 6.06. The fraction of sp³-hybridized carbons (Fsp3) is 0.0833. The number of aromatic nitrogens is 4. The fourth-order valence-corrected chi connectivity index (χ4v) is 1.99. The molecule has 0 radical (unpaired) electrons. The van der Waals surface area contributed by atoms with Crippen molar-refractivity contribution in [2.75, 3.05) is 5.73 Å². The Morgan fingerprint density at radius 1 is 1.28 bits per heavy atom. The van der Waals surface area contributed by atoms with Crippen molar-refractivity contribution >= 4 is 28.5 Å². The third kappa shape index (κ3) is 1.69. The summed E-state index contributed by atoms with van der Waals surface area (Å²) in [5, 5.41) is 5.73. The molecule has 0 atom stereocenters. The van der Waals surface area contributed by atoms with Crippen LogP contribution >= 0.6 is 11.6 Å². The molecule has 0 unspecified atom stereocenters. The minimum absolute atomic E-state index is 0.172. The Bertz CT molecular complexity index is 734. The number of aryl methyl sites for hydroxylation is 1. The van der Waals surface area contributed by atoms with E-state index in [-0.39, 0.29) is 5.95 Å². The van der Waals surface area contributed by atoms with Crippen LogP contribution in [0.3, 0.4) is 0 Å². The highest BCUT2D eigenvalue weighted by atomic mass is 35.5. The number of anilines is 1. The second-order valence-electron chi connectivity index (χ2n) is 4.02. The Morgan fingerprint density at radius 3 is 2.94 bits per heavy atom. The zero-order valence-electron chi connectivity index (χ0n) is 9.63. The molecule has 0 aliphatic heterocycles. The van der Waals surface area contributed by atoms with Crippen molar-refractivity contribution in [2.24, 2.45) is 0 Å². The highest BCUT2D eigenvalue weighted by Gasteiger charge is 2.11.